The fourth-order valence-corrected chi connectivity index (χ4v) is 2.01. The van der Waals surface area contributed by atoms with Crippen LogP contribution < -0.4 is 5.73 Å². The monoisotopic (exact) mass is 165 g/mol. The summed E-state index contributed by atoms with van der Waals surface area (Å²) < 4.78 is 0. The third-order valence-electron chi connectivity index (χ3n) is 3.17. The summed E-state index contributed by atoms with van der Waals surface area (Å²) in [6, 6.07) is 0.426. The zero-order valence-corrected chi connectivity index (χ0v) is 8.29. The van der Waals surface area contributed by atoms with Gasteiger partial charge < -0.3 is 5.73 Å². The van der Waals surface area contributed by atoms with Gasteiger partial charge in [0, 0.05) is 6.04 Å². The average molecular weight is 165 g/mol. The molecule has 0 amide bonds. The van der Waals surface area contributed by atoms with Crippen molar-refractivity contribution in [2.45, 2.75) is 44.9 Å². The molecular formula is C10H20BN. The van der Waals surface area contributed by atoms with Gasteiger partial charge in [0.1, 0.15) is 7.28 Å². The van der Waals surface area contributed by atoms with Crippen molar-refractivity contribution in [2.75, 3.05) is 0 Å². The van der Waals surface area contributed by atoms with Gasteiger partial charge in [-0.25, -0.2) is 0 Å². The lowest BCUT2D eigenvalue weighted by molar-refractivity contribution is 0.401. The Balaban J connectivity index is 2.53. The van der Waals surface area contributed by atoms with Gasteiger partial charge >= 0.3 is 0 Å². The second-order valence-electron chi connectivity index (χ2n) is 4.00. The van der Waals surface area contributed by atoms with Crippen LogP contribution in [0, 0.1) is 5.92 Å². The molecule has 0 fully saturated rings. The Morgan fingerprint density at radius 2 is 2.25 bits per heavy atom. The van der Waals surface area contributed by atoms with E-state index in [1.165, 1.54) is 26.5 Å². The Labute approximate surface area is 76.7 Å². The minimum Gasteiger partial charge on any atom is -0.327 e. The first-order chi connectivity index (χ1) is 5.75. The van der Waals surface area contributed by atoms with Gasteiger partial charge in [0.2, 0.25) is 0 Å². The highest BCUT2D eigenvalue weighted by molar-refractivity contribution is 6.35. The van der Waals surface area contributed by atoms with E-state index in [2.05, 4.69) is 25.9 Å². The van der Waals surface area contributed by atoms with Gasteiger partial charge in [0.15, 0.2) is 0 Å². The summed E-state index contributed by atoms with van der Waals surface area (Å²) in [5.41, 5.74) is 6.12. The van der Waals surface area contributed by atoms with Gasteiger partial charge in [-0.15, -0.1) is 0 Å². The van der Waals surface area contributed by atoms with Crippen LogP contribution in [0.25, 0.3) is 0 Å². The molecule has 3 unspecified atom stereocenters. The molecule has 2 N–H and O–H groups in total. The van der Waals surface area contributed by atoms with Gasteiger partial charge in [-0.1, -0.05) is 31.7 Å². The summed E-state index contributed by atoms with van der Waals surface area (Å²) in [4.78, 5) is 0. The molecule has 0 aromatic carbocycles. The lowest BCUT2D eigenvalue weighted by Crippen LogP contribution is -2.32. The first-order valence-electron chi connectivity index (χ1n) is 5.16. The van der Waals surface area contributed by atoms with Crippen LogP contribution in [0.4, 0.5) is 0 Å². The smallest absolute Gasteiger partial charge is 0.121 e. The van der Waals surface area contributed by atoms with Gasteiger partial charge in [0.05, 0.1) is 0 Å². The predicted octanol–water partition coefficient (Wildman–Crippen LogP) is 1.96. The second-order valence-corrected chi connectivity index (χ2v) is 4.00. The largest absolute Gasteiger partial charge is 0.327 e. The van der Waals surface area contributed by atoms with E-state index in [0.29, 0.717) is 12.0 Å². The summed E-state index contributed by atoms with van der Waals surface area (Å²) in [6.45, 7) is 4.58. The van der Waals surface area contributed by atoms with Crippen molar-refractivity contribution in [3.8, 4) is 0 Å². The Hall–Kier alpha value is -0.235. The van der Waals surface area contributed by atoms with Gasteiger partial charge in [-0.05, 0) is 25.2 Å². The number of allylic oxidation sites excluding steroid dienone is 2. The third kappa shape index (κ3) is 2.38. The first kappa shape index (κ1) is 9.85. The Kier molecular flexibility index (Phi) is 3.86. The van der Waals surface area contributed by atoms with Gasteiger partial charge in [0.25, 0.3) is 0 Å². The predicted molar refractivity (Wildman–Crippen MR) is 56.9 cm³/mol. The molecule has 0 bridgehead atoms. The maximum Gasteiger partial charge on any atom is 0.121 e. The van der Waals surface area contributed by atoms with Crippen LogP contribution in [0.1, 0.15) is 26.2 Å². The summed E-state index contributed by atoms with van der Waals surface area (Å²) in [6.07, 6.45) is 8.13. The van der Waals surface area contributed by atoms with Crippen molar-refractivity contribution in [1.82, 2.24) is 0 Å². The number of rotatable bonds is 2. The van der Waals surface area contributed by atoms with E-state index in [1.54, 1.807) is 0 Å². The van der Waals surface area contributed by atoms with E-state index >= 15 is 0 Å². The van der Waals surface area contributed by atoms with E-state index in [9.17, 15) is 0 Å². The van der Waals surface area contributed by atoms with Gasteiger partial charge in [-0.2, -0.15) is 0 Å². The molecule has 0 aliphatic heterocycles. The van der Waals surface area contributed by atoms with Crippen LogP contribution in [0.3, 0.4) is 0 Å². The van der Waals surface area contributed by atoms with Crippen molar-refractivity contribution in [2.24, 2.45) is 11.7 Å². The lowest BCUT2D eigenvalue weighted by Gasteiger charge is -2.26. The molecule has 68 valence electrons. The zero-order valence-electron chi connectivity index (χ0n) is 8.29. The topological polar surface area (TPSA) is 26.0 Å². The highest BCUT2D eigenvalue weighted by Gasteiger charge is 2.22. The molecular weight excluding hydrogens is 145 g/mol. The maximum atomic E-state index is 6.12. The average Bonchev–Trinajstić information content (AvgIpc) is 2.28. The quantitative estimate of drug-likeness (QED) is 0.491. The van der Waals surface area contributed by atoms with Crippen LogP contribution >= 0.6 is 0 Å². The van der Waals surface area contributed by atoms with E-state index in [4.69, 9.17) is 5.73 Å². The zero-order chi connectivity index (χ0) is 8.97. The van der Waals surface area contributed by atoms with Crippen molar-refractivity contribution in [3.63, 3.8) is 0 Å². The molecule has 2 heteroatoms. The molecule has 0 saturated carbocycles. The highest BCUT2D eigenvalue weighted by atomic mass is 14.6. The summed E-state index contributed by atoms with van der Waals surface area (Å²) in [5, 5.41) is 0. The SMILES string of the molecule is CBC(C)C1CC=CCCC1N. The van der Waals surface area contributed by atoms with E-state index in [-0.39, 0.29) is 0 Å². The van der Waals surface area contributed by atoms with Crippen molar-refractivity contribution < 1.29 is 0 Å². The Morgan fingerprint density at radius 3 is 2.92 bits per heavy atom. The molecule has 3 atom stereocenters. The highest BCUT2D eigenvalue weighted by Crippen LogP contribution is 2.27. The van der Waals surface area contributed by atoms with Crippen LogP contribution in [-0.2, 0) is 0 Å². The molecule has 0 aromatic heterocycles. The third-order valence-corrected chi connectivity index (χ3v) is 3.17. The normalized spacial score (nSPS) is 32.6. The van der Waals surface area contributed by atoms with Crippen LogP contribution in [0.15, 0.2) is 12.2 Å². The number of nitrogens with two attached hydrogens (primary N) is 1. The number of hydrogen-bond acceptors (Lipinski definition) is 1. The fourth-order valence-electron chi connectivity index (χ4n) is 2.01. The first-order valence-corrected chi connectivity index (χ1v) is 5.16. The van der Waals surface area contributed by atoms with Crippen LogP contribution in [-0.4, -0.2) is 13.3 Å². The number of hydrogen-bond donors (Lipinski definition) is 1. The molecule has 1 aliphatic rings. The maximum absolute atomic E-state index is 6.12. The van der Waals surface area contributed by atoms with E-state index < -0.39 is 0 Å². The summed E-state index contributed by atoms with van der Waals surface area (Å²) in [7, 11) is 1.26. The van der Waals surface area contributed by atoms with Gasteiger partial charge in [-0.3, -0.25) is 0 Å². The molecule has 0 spiro atoms. The van der Waals surface area contributed by atoms with E-state index in [0.717, 1.165) is 5.82 Å². The minimum atomic E-state index is 0.426. The second kappa shape index (κ2) is 4.71. The molecule has 0 radical (unpaired) electrons. The molecule has 0 aromatic rings. The molecule has 12 heavy (non-hydrogen) atoms. The van der Waals surface area contributed by atoms with Crippen molar-refractivity contribution in [3.05, 3.63) is 12.2 Å². The molecule has 1 aliphatic carbocycles. The lowest BCUT2D eigenvalue weighted by atomic mass is 9.60. The van der Waals surface area contributed by atoms with Crippen LogP contribution in [0.5, 0.6) is 0 Å². The molecule has 0 saturated heterocycles. The van der Waals surface area contributed by atoms with Crippen molar-refractivity contribution in [1.29, 1.82) is 0 Å². The van der Waals surface area contributed by atoms with E-state index in [1.807, 2.05) is 0 Å². The standard InChI is InChI=1S/C10H20BN/c1-8(11-2)9-6-4-3-5-7-10(9)12/h3-4,8-11H,5-7,12H2,1-2H3. The minimum absolute atomic E-state index is 0.426. The Bertz CT molecular complexity index is 156. The summed E-state index contributed by atoms with van der Waals surface area (Å²) in [5.74, 6) is 1.50. The van der Waals surface area contributed by atoms with Crippen molar-refractivity contribution >= 4 is 7.28 Å². The fraction of sp³-hybridized carbons (Fsp3) is 0.800. The molecule has 1 rings (SSSR count). The molecule has 0 heterocycles. The summed E-state index contributed by atoms with van der Waals surface area (Å²) >= 11 is 0. The van der Waals surface area contributed by atoms with Crippen LogP contribution in [0.2, 0.25) is 12.6 Å². The Morgan fingerprint density at radius 1 is 1.50 bits per heavy atom. The molecule has 1 nitrogen and oxygen atoms in total.